The summed E-state index contributed by atoms with van der Waals surface area (Å²) in [5.74, 6) is 0.746. The second-order valence-electron chi connectivity index (χ2n) is 6.59. The van der Waals surface area contributed by atoms with Crippen molar-refractivity contribution in [1.82, 2.24) is 15.2 Å². The molecule has 130 valence electrons. The van der Waals surface area contributed by atoms with Gasteiger partial charge in [0.05, 0.1) is 6.20 Å². The van der Waals surface area contributed by atoms with Crippen molar-refractivity contribution in [3.63, 3.8) is 0 Å². The Balaban J connectivity index is 1.51. The molecule has 7 heteroatoms. The van der Waals surface area contributed by atoms with Gasteiger partial charge in [-0.3, -0.25) is 9.69 Å². The second-order valence-corrected chi connectivity index (χ2v) is 7.03. The standard InChI is InChI=1S/C18H18ClN3O3/c19-13-6-4-12(5-7-13)14-10-20-15(25-14)11-22-16(23)18(21-17(22)24)8-2-1-3-9-18/h4-7,10H,1-3,8-9,11H2,(H,21,24). The van der Waals surface area contributed by atoms with E-state index in [9.17, 15) is 9.59 Å². The van der Waals surface area contributed by atoms with E-state index in [1.54, 1.807) is 18.3 Å². The van der Waals surface area contributed by atoms with E-state index in [2.05, 4.69) is 10.3 Å². The lowest BCUT2D eigenvalue weighted by Gasteiger charge is -2.30. The fourth-order valence-electron chi connectivity index (χ4n) is 3.58. The molecule has 1 N–H and O–H groups in total. The first-order valence-corrected chi connectivity index (χ1v) is 8.80. The number of benzene rings is 1. The van der Waals surface area contributed by atoms with Crippen LogP contribution in [-0.4, -0.2) is 27.4 Å². The first kappa shape index (κ1) is 16.1. The SMILES string of the molecule is O=C1NC2(CCCCC2)C(=O)N1Cc1ncc(-c2ccc(Cl)cc2)o1. The lowest BCUT2D eigenvalue weighted by Crippen LogP contribution is -2.48. The minimum absolute atomic E-state index is 0.0417. The predicted molar refractivity (Wildman–Crippen MR) is 91.8 cm³/mol. The highest BCUT2D eigenvalue weighted by Gasteiger charge is 2.51. The number of carbonyl (C=O) groups is 2. The second kappa shape index (κ2) is 6.19. The molecule has 1 saturated carbocycles. The lowest BCUT2D eigenvalue weighted by molar-refractivity contribution is -0.133. The quantitative estimate of drug-likeness (QED) is 0.847. The third kappa shape index (κ3) is 2.91. The smallest absolute Gasteiger partial charge is 0.325 e. The zero-order valence-corrected chi connectivity index (χ0v) is 14.4. The molecule has 1 aliphatic carbocycles. The summed E-state index contributed by atoms with van der Waals surface area (Å²) in [7, 11) is 0. The monoisotopic (exact) mass is 359 g/mol. The van der Waals surface area contributed by atoms with Gasteiger partial charge >= 0.3 is 6.03 Å². The lowest BCUT2D eigenvalue weighted by atomic mass is 9.82. The maximum Gasteiger partial charge on any atom is 0.325 e. The van der Waals surface area contributed by atoms with Gasteiger partial charge in [-0.15, -0.1) is 0 Å². The third-order valence-electron chi connectivity index (χ3n) is 4.93. The number of nitrogens with zero attached hydrogens (tertiary/aromatic N) is 2. The van der Waals surface area contributed by atoms with Crippen molar-refractivity contribution in [1.29, 1.82) is 0 Å². The minimum Gasteiger partial charge on any atom is -0.439 e. The van der Waals surface area contributed by atoms with Crippen molar-refractivity contribution in [3.05, 3.63) is 41.4 Å². The molecule has 2 fully saturated rings. The summed E-state index contributed by atoms with van der Waals surface area (Å²) in [4.78, 5) is 30.5. The van der Waals surface area contributed by atoms with Crippen molar-refractivity contribution >= 4 is 23.5 Å². The summed E-state index contributed by atoms with van der Waals surface area (Å²) in [6.45, 7) is 0.0417. The zero-order valence-electron chi connectivity index (χ0n) is 13.6. The summed E-state index contributed by atoms with van der Waals surface area (Å²) >= 11 is 5.89. The van der Waals surface area contributed by atoms with E-state index in [-0.39, 0.29) is 18.5 Å². The van der Waals surface area contributed by atoms with Crippen LogP contribution in [0, 0.1) is 0 Å². The molecule has 2 aromatic rings. The van der Waals surface area contributed by atoms with E-state index in [4.69, 9.17) is 16.0 Å². The van der Waals surface area contributed by atoms with Gasteiger partial charge in [-0.25, -0.2) is 9.78 Å². The maximum atomic E-state index is 12.8. The van der Waals surface area contributed by atoms with Crippen LogP contribution in [-0.2, 0) is 11.3 Å². The van der Waals surface area contributed by atoms with Gasteiger partial charge in [-0.05, 0) is 37.1 Å². The van der Waals surface area contributed by atoms with Crippen molar-refractivity contribution in [2.75, 3.05) is 0 Å². The number of hydrogen-bond acceptors (Lipinski definition) is 4. The molecule has 2 heterocycles. The molecule has 25 heavy (non-hydrogen) atoms. The summed E-state index contributed by atoms with van der Waals surface area (Å²) in [5, 5.41) is 3.53. The Hall–Kier alpha value is -2.34. The van der Waals surface area contributed by atoms with Crippen molar-refractivity contribution in [2.24, 2.45) is 0 Å². The molecule has 0 radical (unpaired) electrons. The van der Waals surface area contributed by atoms with Crippen LogP contribution in [0.1, 0.15) is 38.0 Å². The number of imide groups is 1. The molecule has 2 aliphatic rings. The molecule has 1 spiro atoms. The van der Waals surface area contributed by atoms with Gasteiger partial charge in [0.15, 0.2) is 5.76 Å². The average Bonchev–Trinajstić information content (AvgIpc) is 3.16. The minimum atomic E-state index is -0.721. The summed E-state index contributed by atoms with van der Waals surface area (Å²) in [6, 6.07) is 6.83. The molecule has 6 nitrogen and oxygen atoms in total. The topological polar surface area (TPSA) is 75.4 Å². The number of carbonyl (C=O) groups excluding carboxylic acids is 2. The first-order valence-electron chi connectivity index (χ1n) is 8.42. The average molecular weight is 360 g/mol. The van der Waals surface area contributed by atoms with Crippen LogP contribution in [0.15, 0.2) is 34.9 Å². The molecule has 1 saturated heterocycles. The zero-order chi connectivity index (χ0) is 17.4. The van der Waals surface area contributed by atoms with Gasteiger partial charge in [-0.2, -0.15) is 0 Å². The molecule has 3 amide bonds. The molecular formula is C18H18ClN3O3. The predicted octanol–water partition coefficient (Wildman–Crippen LogP) is 3.75. The molecular weight excluding hydrogens is 342 g/mol. The van der Waals surface area contributed by atoms with E-state index in [0.29, 0.717) is 29.5 Å². The Kier molecular flexibility index (Phi) is 4.00. The van der Waals surface area contributed by atoms with Crippen molar-refractivity contribution in [2.45, 2.75) is 44.2 Å². The first-order chi connectivity index (χ1) is 12.1. The molecule has 1 aliphatic heterocycles. The van der Waals surface area contributed by atoms with Gasteiger partial charge in [0.25, 0.3) is 5.91 Å². The van der Waals surface area contributed by atoms with Gasteiger partial charge in [0.1, 0.15) is 12.1 Å². The number of nitrogens with one attached hydrogen (secondary N) is 1. The van der Waals surface area contributed by atoms with Gasteiger partial charge < -0.3 is 9.73 Å². The van der Waals surface area contributed by atoms with Gasteiger partial charge in [0, 0.05) is 10.6 Å². The van der Waals surface area contributed by atoms with Crippen LogP contribution in [0.4, 0.5) is 4.79 Å². The van der Waals surface area contributed by atoms with Crippen LogP contribution < -0.4 is 5.32 Å². The number of hydrogen-bond donors (Lipinski definition) is 1. The third-order valence-corrected chi connectivity index (χ3v) is 5.18. The Labute approximate surface area is 150 Å². The molecule has 0 bridgehead atoms. The maximum absolute atomic E-state index is 12.8. The van der Waals surface area contributed by atoms with Crippen LogP contribution >= 0.6 is 11.6 Å². The van der Waals surface area contributed by atoms with E-state index in [1.165, 1.54) is 4.90 Å². The van der Waals surface area contributed by atoms with Crippen LogP contribution in [0.25, 0.3) is 11.3 Å². The van der Waals surface area contributed by atoms with Gasteiger partial charge in [-0.1, -0.05) is 30.9 Å². The van der Waals surface area contributed by atoms with E-state index < -0.39 is 5.54 Å². The summed E-state index contributed by atoms with van der Waals surface area (Å²) < 4.78 is 5.72. The Morgan fingerprint density at radius 3 is 2.60 bits per heavy atom. The Morgan fingerprint density at radius 1 is 1.16 bits per heavy atom. The molecule has 0 unspecified atom stereocenters. The molecule has 4 rings (SSSR count). The number of aromatic nitrogens is 1. The highest BCUT2D eigenvalue weighted by atomic mass is 35.5. The Bertz CT molecular complexity index is 809. The van der Waals surface area contributed by atoms with Crippen LogP contribution in [0.5, 0.6) is 0 Å². The van der Waals surface area contributed by atoms with Crippen LogP contribution in [0.3, 0.4) is 0 Å². The molecule has 1 aromatic carbocycles. The van der Waals surface area contributed by atoms with E-state index in [1.807, 2.05) is 12.1 Å². The number of halogens is 1. The van der Waals surface area contributed by atoms with E-state index >= 15 is 0 Å². The summed E-state index contributed by atoms with van der Waals surface area (Å²) in [6.07, 6.45) is 6.02. The fourth-order valence-corrected chi connectivity index (χ4v) is 3.71. The summed E-state index contributed by atoms with van der Waals surface area (Å²) in [5.41, 5.74) is 0.116. The fraction of sp³-hybridized carbons (Fsp3) is 0.389. The highest BCUT2D eigenvalue weighted by molar-refractivity contribution is 6.30. The number of rotatable bonds is 3. The molecule has 1 aromatic heterocycles. The van der Waals surface area contributed by atoms with Crippen molar-refractivity contribution < 1.29 is 14.0 Å². The Morgan fingerprint density at radius 2 is 1.88 bits per heavy atom. The largest absolute Gasteiger partial charge is 0.439 e. The van der Waals surface area contributed by atoms with Crippen LogP contribution in [0.2, 0.25) is 5.02 Å². The van der Waals surface area contributed by atoms with Gasteiger partial charge in [0.2, 0.25) is 5.89 Å². The number of oxazole rings is 1. The number of urea groups is 1. The van der Waals surface area contributed by atoms with E-state index in [0.717, 1.165) is 24.8 Å². The number of amides is 3. The van der Waals surface area contributed by atoms with Crippen molar-refractivity contribution in [3.8, 4) is 11.3 Å². The highest BCUT2D eigenvalue weighted by Crippen LogP contribution is 2.34. The molecule has 0 atom stereocenters. The normalized spacial score (nSPS) is 19.5.